The van der Waals surface area contributed by atoms with Crippen molar-refractivity contribution in [3.8, 4) is 0 Å². The van der Waals surface area contributed by atoms with Crippen LogP contribution in [0, 0.1) is 18.8 Å². The van der Waals surface area contributed by atoms with E-state index in [1.807, 2.05) is 36.5 Å². The van der Waals surface area contributed by atoms with E-state index in [4.69, 9.17) is 4.74 Å². The SMILES string of the molecule is CCOC(=O)[C@]1(C)[NH2+][C@@H](c2ccc(C)cc2)[C@H]2C(=O)N(C)C(=O)[C@@H]21. The molecule has 2 saturated heterocycles. The number of rotatable bonds is 3. The highest BCUT2D eigenvalue weighted by molar-refractivity contribution is 6.08. The zero-order valence-electron chi connectivity index (χ0n) is 14.4. The topological polar surface area (TPSA) is 80.3 Å². The molecule has 6 heteroatoms. The Morgan fingerprint density at radius 1 is 1.25 bits per heavy atom. The molecule has 4 atom stereocenters. The van der Waals surface area contributed by atoms with Gasteiger partial charge in [-0.25, -0.2) is 4.79 Å². The number of fused-ring (bicyclic) bond motifs is 1. The van der Waals surface area contributed by atoms with E-state index in [2.05, 4.69) is 0 Å². The molecule has 2 N–H and O–H groups in total. The summed E-state index contributed by atoms with van der Waals surface area (Å²) < 4.78 is 5.21. The fraction of sp³-hybridized carbons (Fsp3) is 0.500. The number of nitrogens with two attached hydrogens (primary N) is 1. The highest BCUT2D eigenvalue weighted by atomic mass is 16.5. The number of nitrogens with zero attached hydrogens (tertiary/aromatic N) is 1. The Balaban J connectivity index is 2.06. The third kappa shape index (κ3) is 2.24. The van der Waals surface area contributed by atoms with Crippen LogP contribution in [0.1, 0.15) is 31.0 Å². The Labute approximate surface area is 141 Å². The number of carbonyl (C=O) groups excluding carboxylic acids is 3. The molecule has 2 amide bonds. The molecule has 0 aliphatic carbocycles. The third-order valence-corrected chi connectivity index (χ3v) is 5.31. The molecule has 2 aliphatic rings. The lowest BCUT2D eigenvalue weighted by Gasteiger charge is -2.25. The predicted octanol–water partition coefficient (Wildman–Crippen LogP) is 0.166. The van der Waals surface area contributed by atoms with E-state index >= 15 is 0 Å². The van der Waals surface area contributed by atoms with Crippen LogP contribution in [0.5, 0.6) is 0 Å². The van der Waals surface area contributed by atoms with Crippen molar-refractivity contribution in [1.29, 1.82) is 0 Å². The number of hydrogen-bond acceptors (Lipinski definition) is 4. The fourth-order valence-corrected chi connectivity index (χ4v) is 3.98. The van der Waals surface area contributed by atoms with Crippen LogP contribution in [0.25, 0.3) is 0 Å². The molecule has 6 nitrogen and oxygen atoms in total. The average molecular weight is 331 g/mol. The number of amides is 2. The third-order valence-electron chi connectivity index (χ3n) is 5.31. The molecule has 1 aromatic carbocycles. The van der Waals surface area contributed by atoms with Gasteiger partial charge < -0.3 is 10.1 Å². The number of quaternary nitrogens is 1. The van der Waals surface area contributed by atoms with E-state index in [0.717, 1.165) is 16.0 Å². The van der Waals surface area contributed by atoms with Crippen molar-refractivity contribution in [2.24, 2.45) is 11.8 Å². The molecule has 1 aromatic rings. The van der Waals surface area contributed by atoms with Crippen molar-refractivity contribution in [1.82, 2.24) is 4.90 Å². The molecule has 128 valence electrons. The first-order valence-corrected chi connectivity index (χ1v) is 8.22. The number of imide groups is 1. The van der Waals surface area contributed by atoms with Crippen molar-refractivity contribution < 1.29 is 24.4 Å². The highest BCUT2D eigenvalue weighted by Gasteiger charge is 2.70. The smallest absolute Gasteiger partial charge is 0.368 e. The van der Waals surface area contributed by atoms with Crippen LogP contribution in [0.4, 0.5) is 0 Å². The maximum atomic E-state index is 12.6. The van der Waals surface area contributed by atoms with E-state index < -0.39 is 23.3 Å². The highest BCUT2D eigenvalue weighted by Crippen LogP contribution is 2.43. The van der Waals surface area contributed by atoms with Crippen LogP contribution >= 0.6 is 0 Å². The second kappa shape index (κ2) is 5.70. The molecule has 0 bridgehead atoms. The van der Waals surface area contributed by atoms with Crippen LogP contribution in [0.15, 0.2) is 24.3 Å². The van der Waals surface area contributed by atoms with E-state index in [-0.39, 0.29) is 24.5 Å². The van der Waals surface area contributed by atoms with Crippen molar-refractivity contribution in [2.75, 3.05) is 13.7 Å². The number of benzene rings is 1. The van der Waals surface area contributed by atoms with Crippen LogP contribution in [-0.4, -0.2) is 41.9 Å². The van der Waals surface area contributed by atoms with Gasteiger partial charge in [0.05, 0.1) is 6.61 Å². The molecule has 2 fully saturated rings. The summed E-state index contributed by atoms with van der Waals surface area (Å²) in [6.07, 6.45) is 0. The van der Waals surface area contributed by atoms with E-state index in [1.54, 1.807) is 13.8 Å². The molecule has 3 rings (SSSR count). The van der Waals surface area contributed by atoms with Gasteiger partial charge in [-0.1, -0.05) is 29.8 Å². The fourth-order valence-electron chi connectivity index (χ4n) is 3.98. The van der Waals surface area contributed by atoms with Gasteiger partial charge in [0.1, 0.15) is 17.9 Å². The second-order valence-electron chi connectivity index (χ2n) is 6.85. The van der Waals surface area contributed by atoms with E-state index in [1.165, 1.54) is 7.05 Å². The van der Waals surface area contributed by atoms with E-state index in [9.17, 15) is 14.4 Å². The van der Waals surface area contributed by atoms with Gasteiger partial charge in [-0.05, 0) is 13.8 Å². The minimum absolute atomic E-state index is 0.222. The minimum atomic E-state index is -1.09. The summed E-state index contributed by atoms with van der Waals surface area (Å²) >= 11 is 0. The lowest BCUT2D eigenvalue weighted by atomic mass is 9.80. The van der Waals surface area contributed by atoms with Gasteiger partial charge in [-0.2, -0.15) is 0 Å². The number of carbonyl (C=O) groups is 3. The molecule has 24 heavy (non-hydrogen) atoms. The van der Waals surface area contributed by atoms with Crippen LogP contribution in [0.3, 0.4) is 0 Å². The maximum absolute atomic E-state index is 12.6. The Morgan fingerprint density at radius 2 is 1.88 bits per heavy atom. The lowest BCUT2D eigenvalue weighted by Crippen LogP contribution is -2.97. The summed E-state index contributed by atoms with van der Waals surface area (Å²) in [5.74, 6) is -2.20. The standard InChI is InChI=1S/C18H22N2O4/c1-5-24-17(23)18(3)13-12(15(21)20(4)16(13)22)14(19-18)11-8-6-10(2)7-9-11/h6-9,12-14,19H,5H2,1-4H3/p+1/t12-,13+,14-,18+/m0/s1. The minimum Gasteiger partial charge on any atom is -0.461 e. The number of likely N-dealkylation sites (tertiary alicyclic amines) is 1. The normalized spacial score (nSPS) is 32.2. The van der Waals surface area contributed by atoms with Gasteiger partial charge in [0.2, 0.25) is 17.4 Å². The predicted molar refractivity (Wildman–Crippen MR) is 85.6 cm³/mol. The zero-order chi connectivity index (χ0) is 17.6. The summed E-state index contributed by atoms with van der Waals surface area (Å²) in [4.78, 5) is 39.0. The zero-order valence-corrected chi connectivity index (χ0v) is 14.4. The lowest BCUT2D eigenvalue weighted by molar-refractivity contribution is -0.731. The summed E-state index contributed by atoms with van der Waals surface area (Å²) in [5, 5.41) is 1.84. The summed E-state index contributed by atoms with van der Waals surface area (Å²) in [6.45, 7) is 5.68. The first-order chi connectivity index (χ1) is 11.3. The Kier molecular flexibility index (Phi) is 3.95. The maximum Gasteiger partial charge on any atom is 0.368 e. The van der Waals surface area contributed by atoms with Gasteiger partial charge in [0.15, 0.2) is 0 Å². The van der Waals surface area contributed by atoms with Gasteiger partial charge in [0, 0.05) is 19.5 Å². The van der Waals surface area contributed by atoms with Gasteiger partial charge in [-0.3, -0.25) is 14.5 Å². The monoisotopic (exact) mass is 331 g/mol. The molecule has 0 aromatic heterocycles. The molecule has 0 unspecified atom stereocenters. The largest absolute Gasteiger partial charge is 0.461 e. The van der Waals surface area contributed by atoms with Crippen molar-refractivity contribution in [3.63, 3.8) is 0 Å². The molecule has 2 aliphatic heterocycles. The Bertz CT molecular complexity index is 699. The number of aryl methyl sites for hydroxylation is 1. The van der Waals surface area contributed by atoms with Crippen LogP contribution in [-0.2, 0) is 19.1 Å². The molecular formula is C18H23N2O4+. The van der Waals surface area contributed by atoms with Crippen molar-refractivity contribution in [3.05, 3.63) is 35.4 Å². The Hall–Kier alpha value is -2.21. The number of esters is 1. The first kappa shape index (κ1) is 16.6. The summed E-state index contributed by atoms with van der Waals surface area (Å²) in [6, 6.07) is 7.60. The molecule has 0 saturated carbocycles. The summed E-state index contributed by atoms with van der Waals surface area (Å²) in [7, 11) is 1.49. The van der Waals surface area contributed by atoms with Crippen LogP contribution in [0.2, 0.25) is 0 Å². The molecule has 0 radical (unpaired) electrons. The second-order valence-corrected chi connectivity index (χ2v) is 6.85. The quantitative estimate of drug-likeness (QED) is 0.632. The molecule has 2 heterocycles. The van der Waals surface area contributed by atoms with Gasteiger partial charge in [-0.15, -0.1) is 0 Å². The van der Waals surface area contributed by atoms with Crippen LogP contribution < -0.4 is 5.32 Å². The van der Waals surface area contributed by atoms with E-state index in [0.29, 0.717) is 0 Å². The molecule has 0 spiro atoms. The summed E-state index contributed by atoms with van der Waals surface area (Å²) in [5.41, 5.74) is 0.973. The Morgan fingerprint density at radius 3 is 2.46 bits per heavy atom. The van der Waals surface area contributed by atoms with Gasteiger partial charge >= 0.3 is 5.97 Å². The first-order valence-electron chi connectivity index (χ1n) is 8.22. The number of hydrogen-bond donors (Lipinski definition) is 1. The number of ether oxygens (including phenoxy) is 1. The van der Waals surface area contributed by atoms with Gasteiger partial charge in [0.25, 0.3) is 0 Å². The molecular weight excluding hydrogens is 308 g/mol. The average Bonchev–Trinajstić information content (AvgIpc) is 2.99. The van der Waals surface area contributed by atoms with Crippen molar-refractivity contribution >= 4 is 17.8 Å². The van der Waals surface area contributed by atoms with Crippen molar-refractivity contribution in [2.45, 2.75) is 32.4 Å².